The van der Waals surface area contributed by atoms with Gasteiger partial charge in [0.05, 0.1) is 15.7 Å². The molecule has 0 aromatic heterocycles. The van der Waals surface area contributed by atoms with Crippen LogP contribution in [0.5, 0.6) is 0 Å². The number of carbonyl (C=O) groups is 1. The van der Waals surface area contributed by atoms with Crippen LogP contribution in [0.4, 0.5) is 5.69 Å². The minimum absolute atomic E-state index is 0.0167. The van der Waals surface area contributed by atoms with Crippen molar-refractivity contribution in [2.24, 2.45) is 0 Å². The molecular formula is C15H19BrCl2N2O. The van der Waals surface area contributed by atoms with Crippen LogP contribution in [-0.4, -0.2) is 18.0 Å². The molecular weight excluding hydrogens is 375 g/mol. The summed E-state index contributed by atoms with van der Waals surface area (Å²) >= 11 is 15.7. The monoisotopic (exact) mass is 392 g/mol. The number of benzene rings is 1. The SMILES string of the molecule is CC(Nc1c(Cl)cc(Br)cc1Cl)C(=O)NC1CCCCC1. The molecule has 0 saturated heterocycles. The molecule has 1 saturated carbocycles. The molecule has 2 rings (SSSR count). The Morgan fingerprint density at radius 3 is 2.38 bits per heavy atom. The van der Waals surface area contributed by atoms with E-state index in [2.05, 4.69) is 26.6 Å². The Bertz CT molecular complexity index is 495. The van der Waals surface area contributed by atoms with Gasteiger partial charge in [-0.25, -0.2) is 0 Å². The molecule has 0 radical (unpaired) electrons. The highest BCUT2D eigenvalue weighted by atomic mass is 79.9. The van der Waals surface area contributed by atoms with Crippen LogP contribution < -0.4 is 10.6 Å². The highest BCUT2D eigenvalue weighted by Crippen LogP contribution is 2.34. The number of nitrogens with one attached hydrogen (secondary N) is 2. The molecule has 6 heteroatoms. The second kappa shape index (κ2) is 7.70. The fraction of sp³-hybridized carbons (Fsp3) is 0.533. The van der Waals surface area contributed by atoms with Crippen molar-refractivity contribution in [2.75, 3.05) is 5.32 Å². The lowest BCUT2D eigenvalue weighted by atomic mass is 9.95. The van der Waals surface area contributed by atoms with Crippen molar-refractivity contribution >= 4 is 50.7 Å². The average Bonchev–Trinajstić information content (AvgIpc) is 2.43. The predicted molar refractivity (Wildman–Crippen MR) is 92.3 cm³/mol. The summed E-state index contributed by atoms with van der Waals surface area (Å²) in [6.45, 7) is 1.81. The van der Waals surface area contributed by atoms with E-state index in [1.54, 1.807) is 12.1 Å². The van der Waals surface area contributed by atoms with E-state index in [0.717, 1.165) is 17.3 Å². The molecule has 0 bridgehead atoms. The molecule has 1 fully saturated rings. The van der Waals surface area contributed by atoms with Crippen molar-refractivity contribution in [1.82, 2.24) is 5.32 Å². The Hall–Kier alpha value is -0.450. The maximum atomic E-state index is 12.2. The van der Waals surface area contributed by atoms with Crippen LogP contribution in [0.15, 0.2) is 16.6 Å². The fourth-order valence-corrected chi connectivity index (χ4v) is 3.85. The van der Waals surface area contributed by atoms with E-state index in [1.807, 2.05) is 6.92 Å². The zero-order chi connectivity index (χ0) is 15.4. The second-order valence-electron chi connectivity index (χ2n) is 5.45. The van der Waals surface area contributed by atoms with Gasteiger partial charge in [0.25, 0.3) is 0 Å². The Morgan fingerprint density at radius 2 is 1.81 bits per heavy atom. The van der Waals surface area contributed by atoms with Crippen molar-refractivity contribution in [1.29, 1.82) is 0 Å². The van der Waals surface area contributed by atoms with Gasteiger partial charge in [0.1, 0.15) is 6.04 Å². The van der Waals surface area contributed by atoms with Gasteiger partial charge in [0, 0.05) is 10.5 Å². The van der Waals surface area contributed by atoms with Crippen LogP contribution in [0.25, 0.3) is 0 Å². The van der Waals surface area contributed by atoms with Crippen LogP contribution in [0.3, 0.4) is 0 Å². The first kappa shape index (κ1) is 16.9. The molecule has 0 aliphatic heterocycles. The molecule has 0 spiro atoms. The third-order valence-corrected chi connectivity index (χ3v) is 4.77. The Kier molecular flexibility index (Phi) is 6.20. The number of hydrogen-bond acceptors (Lipinski definition) is 2. The van der Waals surface area contributed by atoms with Crippen LogP contribution >= 0.6 is 39.1 Å². The number of carbonyl (C=O) groups excluding carboxylic acids is 1. The first-order chi connectivity index (χ1) is 9.97. The molecule has 1 aromatic carbocycles. The Balaban J connectivity index is 1.97. The summed E-state index contributed by atoms with van der Waals surface area (Å²) in [4.78, 5) is 12.2. The Morgan fingerprint density at radius 1 is 1.24 bits per heavy atom. The molecule has 21 heavy (non-hydrogen) atoms. The fourth-order valence-electron chi connectivity index (χ4n) is 2.54. The smallest absolute Gasteiger partial charge is 0.242 e. The number of hydrogen-bond donors (Lipinski definition) is 2. The van der Waals surface area contributed by atoms with E-state index in [-0.39, 0.29) is 11.9 Å². The van der Waals surface area contributed by atoms with Gasteiger partial charge in [0.15, 0.2) is 0 Å². The molecule has 1 amide bonds. The van der Waals surface area contributed by atoms with E-state index in [0.29, 0.717) is 21.8 Å². The summed E-state index contributed by atoms with van der Waals surface area (Å²) in [5.41, 5.74) is 0.591. The van der Waals surface area contributed by atoms with Gasteiger partial charge in [-0.2, -0.15) is 0 Å². The number of halogens is 3. The lowest BCUT2D eigenvalue weighted by molar-refractivity contribution is -0.122. The van der Waals surface area contributed by atoms with E-state index >= 15 is 0 Å². The van der Waals surface area contributed by atoms with Crippen molar-refractivity contribution in [3.63, 3.8) is 0 Å². The standard InChI is InChI=1S/C15H19BrCl2N2O/c1-9(15(21)20-11-5-3-2-4-6-11)19-14-12(17)7-10(16)8-13(14)18/h7-9,11,19H,2-6H2,1H3,(H,20,21). The molecule has 1 aromatic rings. The third-order valence-electron chi connectivity index (χ3n) is 3.71. The van der Waals surface area contributed by atoms with Crippen LogP contribution in [0.1, 0.15) is 39.0 Å². The van der Waals surface area contributed by atoms with Crippen molar-refractivity contribution in [2.45, 2.75) is 51.1 Å². The van der Waals surface area contributed by atoms with Crippen molar-refractivity contribution in [3.8, 4) is 0 Å². The van der Waals surface area contributed by atoms with Gasteiger partial charge in [-0.1, -0.05) is 58.4 Å². The second-order valence-corrected chi connectivity index (χ2v) is 7.18. The highest BCUT2D eigenvalue weighted by Gasteiger charge is 2.20. The number of amides is 1. The average molecular weight is 394 g/mol. The predicted octanol–water partition coefficient (Wildman–Crippen LogP) is 5.01. The first-order valence-electron chi connectivity index (χ1n) is 7.19. The lowest BCUT2D eigenvalue weighted by Crippen LogP contribution is -2.44. The number of anilines is 1. The zero-order valence-electron chi connectivity index (χ0n) is 11.9. The molecule has 0 heterocycles. The molecule has 1 atom stereocenters. The molecule has 116 valence electrons. The van der Waals surface area contributed by atoms with E-state index < -0.39 is 0 Å². The minimum Gasteiger partial charge on any atom is -0.371 e. The van der Waals surface area contributed by atoms with E-state index in [9.17, 15) is 4.79 Å². The van der Waals surface area contributed by atoms with Crippen molar-refractivity contribution in [3.05, 3.63) is 26.7 Å². The largest absolute Gasteiger partial charge is 0.371 e. The summed E-state index contributed by atoms with van der Waals surface area (Å²) in [7, 11) is 0. The number of rotatable bonds is 4. The normalized spacial score (nSPS) is 17.3. The van der Waals surface area contributed by atoms with Gasteiger partial charge in [-0.05, 0) is 31.9 Å². The van der Waals surface area contributed by atoms with E-state index in [4.69, 9.17) is 23.2 Å². The maximum Gasteiger partial charge on any atom is 0.242 e. The summed E-state index contributed by atoms with van der Waals surface area (Å²) in [6.07, 6.45) is 5.79. The molecule has 1 unspecified atom stereocenters. The van der Waals surface area contributed by atoms with Gasteiger partial charge in [0.2, 0.25) is 5.91 Å². The van der Waals surface area contributed by atoms with Gasteiger partial charge in [-0.3, -0.25) is 4.79 Å². The van der Waals surface area contributed by atoms with E-state index in [1.165, 1.54) is 19.3 Å². The maximum absolute atomic E-state index is 12.2. The third kappa shape index (κ3) is 4.76. The summed E-state index contributed by atoms with van der Waals surface area (Å²) in [5, 5.41) is 7.18. The molecule has 2 N–H and O–H groups in total. The molecule has 3 nitrogen and oxygen atoms in total. The molecule has 1 aliphatic carbocycles. The summed E-state index contributed by atoms with van der Waals surface area (Å²) in [5.74, 6) is -0.0167. The van der Waals surface area contributed by atoms with Crippen LogP contribution in [0.2, 0.25) is 10.0 Å². The molecule has 1 aliphatic rings. The summed E-state index contributed by atoms with van der Waals surface area (Å²) in [6, 6.07) is 3.41. The quantitative estimate of drug-likeness (QED) is 0.755. The summed E-state index contributed by atoms with van der Waals surface area (Å²) < 4.78 is 0.808. The topological polar surface area (TPSA) is 41.1 Å². The highest BCUT2D eigenvalue weighted by molar-refractivity contribution is 9.10. The van der Waals surface area contributed by atoms with Crippen LogP contribution in [-0.2, 0) is 4.79 Å². The minimum atomic E-state index is -0.386. The van der Waals surface area contributed by atoms with Crippen LogP contribution in [0, 0.1) is 0 Å². The van der Waals surface area contributed by atoms with Gasteiger partial charge in [-0.15, -0.1) is 0 Å². The first-order valence-corrected chi connectivity index (χ1v) is 8.73. The van der Waals surface area contributed by atoms with Gasteiger partial charge < -0.3 is 10.6 Å². The Labute approximate surface area is 143 Å². The zero-order valence-corrected chi connectivity index (χ0v) is 15.0. The van der Waals surface area contributed by atoms with Crippen molar-refractivity contribution < 1.29 is 4.79 Å². The van der Waals surface area contributed by atoms with Gasteiger partial charge >= 0.3 is 0 Å². The lowest BCUT2D eigenvalue weighted by Gasteiger charge is -2.25.